The first-order valence-corrected chi connectivity index (χ1v) is 29.6. The van der Waals surface area contributed by atoms with E-state index in [0.717, 1.165) is 12.0 Å². The molecule has 11 N–H and O–H groups in total. The highest BCUT2D eigenvalue weighted by Gasteiger charge is 2.31. The molecule has 90 heavy (non-hydrogen) atoms. The summed E-state index contributed by atoms with van der Waals surface area (Å²) in [5, 5.41) is 80.8. The Bertz CT molecular complexity index is 3220. The lowest BCUT2D eigenvalue weighted by Gasteiger charge is -2.34. The van der Waals surface area contributed by atoms with E-state index in [1.807, 2.05) is 17.0 Å². The van der Waals surface area contributed by atoms with E-state index in [1.165, 1.54) is 11.1 Å². The van der Waals surface area contributed by atoms with Crippen LogP contribution in [0.2, 0.25) is 0 Å². The van der Waals surface area contributed by atoms with Crippen molar-refractivity contribution in [3.63, 3.8) is 0 Å². The maximum Gasteiger partial charge on any atom is 0.326 e. The summed E-state index contributed by atoms with van der Waals surface area (Å²) in [4.78, 5) is 138. The molecule has 3 aliphatic heterocycles. The molecule has 32 heteroatoms. The third kappa shape index (κ3) is 21.3. The number of nitrogens with zero attached hydrogens (tertiary/aromatic N) is 11. The molecule has 3 fully saturated rings. The van der Waals surface area contributed by atoms with E-state index < -0.39 is 84.8 Å². The van der Waals surface area contributed by atoms with Crippen molar-refractivity contribution < 1.29 is 78.5 Å². The monoisotopic (exact) mass is 1250 g/mol. The molecule has 32 nitrogen and oxygen atoms in total. The number of hydrogen-bond donors (Lipinski definition) is 11. The van der Waals surface area contributed by atoms with Gasteiger partial charge in [0.15, 0.2) is 0 Å². The van der Waals surface area contributed by atoms with E-state index in [9.17, 15) is 73.9 Å². The number of pyridine rings is 1. The van der Waals surface area contributed by atoms with Gasteiger partial charge in [0.2, 0.25) is 23.8 Å². The summed E-state index contributed by atoms with van der Waals surface area (Å²) in [5.74, 6) is -6.83. The summed E-state index contributed by atoms with van der Waals surface area (Å²) in [6.07, 6.45) is 3.53. The number of amides is 4. The zero-order chi connectivity index (χ0) is 64.7. The highest BCUT2D eigenvalue weighted by atomic mass is 16.5. The molecule has 4 amide bonds. The largest absolute Gasteiger partial charge is 0.494 e. The van der Waals surface area contributed by atoms with Crippen LogP contribution in [0.3, 0.4) is 0 Å². The minimum absolute atomic E-state index is 0.0392. The van der Waals surface area contributed by atoms with Crippen molar-refractivity contribution in [1.29, 1.82) is 5.26 Å². The molecule has 7 rings (SSSR count). The second-order valence-corrected chi connectivity index (χ2v) is 22.0. The van der Waals surface area contributed by atoms with Crippen molar-refractivity contribution in [3.8, 4) is 11.8 Å². The van der Waals surface area contributed by atoms with Gasteiger partial charge in [-0.25, -0.2) is 14.4 Å². The van der Waals surface area contributed by atoms with E-state index in [0.29, 0.717) is 105 Å². The summed E-state index contributed by atoms with van der Waals surface area (Å²) < 4.78 is 6.15. The average molecular weight is 1250 g/mol. The van der Waals surface area contributed by atoms with Crippen molar-refractivity contribution in [2.24, 2.45) is 0 Å². The standard InChI is InChI=1S/C58H76N16O16/c59-31-39-5-3-19-74(39)47(75)32-62-52(84)42-15-17-60-44-12-11-41(30-43(42)44)90-28-4-18-69-22-25-72(26-23-69)57-67-55(61-16-2-1-6-45(53(85)86)64-58(89)65-46(54(87)88)13-14-48(76)77)66-56(68-57)63-38-9-7-37(8-10-38)29-40-33-71(35-50(80)81)21-20-70(34-49(78)79)24-27-73(40)36-51(82)83/h7-12,15,17,30,39-40,45-46H,1-6,13-14,16,18-29,32-36H2,(H,62,84)(H,76,77)(H,78,79)(H,80,81)(H,82,83)(H,85,86)(H,87,88)(H2,64,65,89)(H2,61,63,66,67,68)/t39?,40?,45-,46-/m0/s1. The second kappa shape index (κ2) is 33.7. The number of ether oxygens (including phenoxy) is 1. The smallest absolute Gasteiger partial charge is 0.326 e. The van der Waals surface area contributed by atoms with Crippen LogP contribution in [0.5, 0.6) is 5.75 Å². The number of rotatable bonds is 32. The van der Waals surface area contributed by atoms with E-state index in [-0.39, 0.29) is 96.1 Å². The Morgan fingerprint density at radius 3 is 2.04 bits per heavy atom. The second-order valence-electron chi connectivity index (χ2n) is 22.0. The molecule has 2 aromatic carbocycles. The molecule has 0 spiro atoms. The van der Waals surface area contributed by atoms with E-state index in [4.69, 9.17) is 19.8 Å². The van der Waals surface area contributed by atoms with Crippen molar-refractivity contribution in [2.45, 2.75) is 82.0 Å². The van der Waals surface area contributed by atoms with Gasteiger partial charge in [-0.15, -0.1) is 0 Å². The Labute approximate surface area is 517 Å². The predicted octanol–water partition coefficient (Wildman–Crippen LogP) is 0.736. The van der Waals surface area contributed by atoms with Gasteiger partial charge in [-0.05, 0) is 93.3 Å². The summed E-state index contributed by atoms with van der Waals surface area (Å²) in [6.45, 7) is 4.20. The SMILES string of the molecule is N#CC1CCCN1C(=O)CNC(=O)c1ccnc2ccc(OCCCN3CCN(c4nc(NCCCC[C@H](NC(=O)N[C@@H](CCC(=O)O)C(=O)O)C(=O)O)nc(Nc5ccc(CC6CN(CC(=O)O)CCN(CC(=O)O)CCN6CC(=O)O)cc5)n4)CC3)cc12. The summed E-state index contributed by atoms with van der Waals surface area (Å²) in [5.41, 5.74) is 2.29. The average Bonchev–Trinajstić information content (AvgIpc) is 1.60. The Balaban J connectivity index is 0.981. The number of unbranched alkanes of at least 4 members (excludes halogenated alkanes) is 1. The lowest BCUT2D eigenvalue weighted by atomic mass is 10.0. The molecule has 2 unspecified atom stereocenters. The van der Waals surface area contributed by atoms with E-state index >= 15 is 0 Å². The molecule has 4 atom stereocenters. The number of benzene rings is 2. The zero-order valence-electron chi connectivity index (χ0n) is 49.6. The number of fused-ring (bicyclic) bond motifs is 1. The van der Waals surface area contributed by atoms with Gasteiger partial charge < -0.3 is 71.8 Å². The highest BCUT2D eigenvalue weighted by molar-refractivity contribution is 6.07. The molecule has 0 aliphatic carbocycles. The molecular weight excluding hydrogens is 1180 g/mol. The molecule has 2 aromatic heterocycles. The Kier molecular flexibility index (Phi) is 25.4. The Morgan fingerprint density at radius 1 is 0.689 bits per heavy atom. The van der Waals surface area contributed by atoms with Gasteiger partial charge >= 0.3 is 41.8 Å². The van der Waals surface area contributed by atoms with Crippen molar-refractivity contribution in [1.82, 2.24) is 60.4 Å². The van der Waals surface area contributed by atoms with Crippen LogP contribution in [0.1, 0.15) is 67.3 Å². The van der Waals surface area contributed by atoms with Gasteiger partial charge in [-0.3, -0.25) is 53.4 Å². The number of carbonyl (C=O) groups is 9. The number of carbonyl (C=O) groups excluding carboxylic acids is 3. The van der Waals surface area contributed by atoms with Crippen molar-refractivity contribution >= 4 is 88.1 Å². The van der Waals surface area contributed by atoms with Crippen molar-refractivity contribution in [2.75, 3.05) is 127 Å². The number of urea groups is 1. The number of likely N-dealkylation sites (tertiary alicyclic amines) is 1. The fourth-order valence-corrected chi connectivity index (χ4v) is 10.8. The van der Waals surface area contributed by atoms with Gasteiger partial charge in [0.25, 0.3) is 5.91 Å². The Hall–Kier alpha value is -9.58. The number of aliphatic carboxylic acids is 6. The van der Waals surface area contributed by atoms with Gasteiger partial charge in [0.1, 0.15) is 23.9 Å². The van der Waals surface area contributed by atoms with Crippen LogP contribution < -0.4 is 36.2 Å². The fraction of sp³-hybridized carbons (Fsp3) is 0.517. The van der Waals surface area contributed by atoms with Crippen LogP contribution in [0.15, 0.2) is 54.7 Å². The highest BCUT2D eigenvalue weighted by Crippen LogP contribution is 2.25. The number of aromatic nitrogens is 4. The molecule has 3 saturated heterocycles. The summed E-state index contributed by atoms with van der Waals surface area (Å²) in [7, 11) is 0. The topological polar surface area (TPSA) is 439 Å². The quantitative estimate of drug-likeness (QED) is 0.0300. The number of carboxylic acid groups (broad SMARTS) is 6. The molecule has 4 aromatic rings. The minimum Gasteiger partial charge on any atom is -0.494 e. The number of hydrogen-bond acceptors (Lipinski definition) is 22. The predicted molar refractivity (Wildman–Crippen MR) is 321 cm³/mol. The lowest BCUT2D eigenvalue weighted by molar-refractivity contribution is -0.141. The first-order chi connectivity index (χ1) is 43.2. The summed E-state index contributed by atoms with van der Waals surface area (Å²) >= 11 is 0. The lowest BCUT2D eigenvalue weighted by Crippen LogP contribution is -2.51. The van der Waals surface area contributed by atoms with Gasteiger partial charge in [-0.1, -0.05) is 12.1 Å². The zero-order valence-corrected chi connectivity index (χ0v) is 49.6. The molecule has 5 heterocycles. The number of nitrogens with one attached hydrogen (secondary N) is 5. The van der Waals surface area contributed by atoms with Gasteiger partial charge in [-0.2, -0.15) is 20.2 Å². The number of piperazine rings is 1. The van der Waals surface area contributed by atoms with Crippen LogP contribution in [0.4, 0.5) is 28.3 Å². The molecule has 484 valence electrons. The summed E-state index contributed by atoms with van der Waals surface area (Å²) in [6, 6.07) is 11.3. The molecule has 0 bridgehead atoms. The normalized spacial score (nSPS) is 17.5. The third-order valence-electron chi connectivity index (χ3n) is 15.5. The first kappa shape index (κ1) is 67.9. The van der Waals surface area contributed by atoms with E-state index in [2.05, 4.69) is 47.5 Å². The Morgan fingerprint density at radius 2 is 1.36 bits per heavy atom. The molecule has 0 saturated carbocycles. The number of nitriles is 1. The molecular formula is C58H76N16O16. The molecule has 0 radical (unpaired) electrons. The number of anilines is 4. The van der Waals surface area contributed by atoms with Crippen LogP contribution in [-0.2, 0) is 40.0 Å². The maximum absolute atomic E-state index is 13.3. The van der Waals surface area contributed by atoms with Gasteiger partial charge in [0.05, 0.1) is 49.9 Å². The minimum atomic E-state index is -1.56. The molecule has 3 aliphatic rings. The number of carboxylic acids is 6. The third-order valence-corrected chi connectivity index (χ3v) is 15.5. The first-order valence-electron chi connectivity index (χ1n) is 29.6. The van der Waals surface area contributed by atoms with Gasteiger partial charge in [0, 0.05) is 108 Å². The van der Waals surface area contributed by atoms with Crippen molar-refractivity contribution in [3.05, 3.63) is 65.9 Å². The maximum atomic E-state index is 13.3. The van der Waals surface area contributed by atoms with Crippen LogP contribution >= 0.6 is 0 Å². The fourth-order valence-electron chi connectivity index (χ4n) is 10.8. The van der Waals surface area contributed by atoms with Crippen LogP contribution in [0.25, 0.3) is 10.9 Å². The van der Waals surface area contributed by atoms with E-state index in [1.54, 1.807) is 51.1 Å². The van der Waals surface area contributed by atoms with Crippen LogP contribution in [-0.4, -0.2) is 264 Å². The van der Waals surface area contributed by atoms with Crippen LogP contribution in [0, 0.1) is 11.3 Å².